The average Bonchev–Trinajstić information content (AvgIpc) is 2.34. The molecule has 0 atom stereocenters. The molecule has 0 heterocycles. The minimum absolute atomic E-state index is 0.102. The summed E-state index contributed by atoms with van der Waals surface area (Å²) in [6, 6.07) is 7.26. The summed E-state index contributed by atoms with van der Waals surface area (Å²) in [4.78, 5) is 22.4. The van der Waals surface area contributed by atoms with Gasteiger partial charge in [-0.2, -0.15) is 0 Å². The lowest BCUT2D eigenvalue weighted by Gasteiger charge is -2.09. The topological polar surface area (TPSA) is 70.2 Å². The van der Waals surface area contributed by atoms with Crippen LogP contribution in [0.15, 0.2) is 24.3 Å². The molecule has 0 bridgehead atoms. The van der Waals surface area contributed by atoms with Gasteiger partial charge in [0.1, 0.15) is 0 Å². The summed E-state index contributed by atoms with van der Waals surface area (Å²) in [5.41, 5.74) is 1.38. The van der Waals surface area contributed by atoms with Crippen LogP contribution in [-0.4, -0.2) is 32.0 Å². The summed E-state index contributed by atoms with van der Waals surface area (Å²) in [5.74, 6) is -0.254. The first-order valence-electron chi connectivity index (χ1n) is 5.44. The van der Waals surface area contributed by atoms with E-state index in [0.29, 0.717) is 18.7 Å². The first-order chi connectivity index (χ1) is 8.15. The van der Waals surface area contributed by atoms with E-state index < -0.39 is 0 Å². The van der Waals surface area contributed by atoms with Crippen molar-refractivity contribution in [3.63, 3.8) is 0 Å². The number of hydrogen-bond acceptors (Lipinski definition) is 3. The third-order valence-electron chi connectivity index (χ3n) is 2.23. The molecule has 0 fully saturated rings. The zero-order chi connectivity index (χ0) is 12.7. The van der Waals surface area contributed by atoms with Crippen molar-refractivity contribution >= 4 is 17.5 Å². The van der Waals surface area contributed by atoms with E-state index in [1.165, 1.54) is 6.92 Å². The van der Waals surface area contributed by atoms with Gasteiger partial charge in [-0.25, -0.2) is 0 Å². The van der Waals surface area contributed by atoms with Gasteiger partial charge in [0.25, 0.3) is 5.91 Å². The van der Waals surface area contributed by atoms with Crippen LogP contribution in [0.2, 0.25) is 0 Å². The molecule has 0 aromatic heterocycles. The van der Waals surface area contributed by atoms with Crippen LogP contribution in [-0.2, 0) is 4.79 Å². The zero-order valence-electron chi connectivity index (χ0n) is 10.0. The summed E-state index contributed by atoms with van der Waals surface area (Å²) >= 11 is 0. The van der Waals surface area contributed by atoms with Crippen molar-refractivity contribution in [3.8, 4) is 0 Å². The molecule has 0 aliphatic heterocycles. The number of nitrogens with one attached hydrogen (secondary N) is 3. The molecule has 0 radical (unpaired) electrons. The molecule has 2 amide bonds. The third-order valence-corrected chi connectivity index (χ3v) is 2.23. The quantitative estimate of drug-likeness (QED) is 0.654. The molecule has 0 saturated heterocycles. The van der Waals surface area contributed by atoms with Gasteiger partial charge in [0.2, 0.25) is 5.91 Å². The summed E-state index contributed by atoms with van der Waals surface area (Å²) < 4.78 is 0. The number of amides is 2. The fourth-order valence-corrected chi connectivity index (χ4v) is 1.41. The third kappa shape index (κ3) is 4.14. The SMILES string of the molecule is CNc1ccccc1C(=O)NCCNC(C)=O. The van der Waals surface area contributed by atoms with Gasteiger partial charge in [-0.1, -0.05) is 12.1 Å². The number of para-hydroxylation sites is 1. The van der Waals surface area contributed by atoms with E-state index in [9.17, 15) is 9.59 Å². The number of hydrogen-bond donors (Lipinski definition) is 3. The number of carbonyl (C=O) groups excluding carboxylic acids is 2. The Labute approximate surface area is 101 Å². The Bertz CT molecular complexity index is 404. The normalized spacial score (nSPS) is 9.53. The largest absolute Gasteiger partial charge is 0.387 e. The molecule has 0 aliphatic carbocycles. The van der Waals surface area contributed by atoms with E-state index in [-0.39, 0.29) is 11.8 Å². The van der Waals surface area contributed by atoms with Gasteiger partial charge in [-0.15, -0.1) is 0 Å². The van der Waals surface area contributed by atoms with Crippen LogP contribution in [0.25, 0.3) is 0 Å². The lowest BCUT2D eigenvalue weighted by atomic mass is 10.1. The van der Waals surface area contributed by atoms with Gasteiger partial charge >= 0.3 is 0 Å². The van der Waals surface area contributed by atoms with Crippen molar-refractivity contribution in [1.82, 2.24) is 10.6 Å². The number of rotatable bonds is 5. The molecular weight excluding hydrogens is 218 g/mol. The van der Waals surface area contributed by atoms with Crippen molar-refractivity contribution in [1.29, 1.82) is 0 Å². The molecule has 0 unspecified atom stereocenters. The number of anilines is 1. The van der Waals surface area contributed by atoms with Crippen LogP contribution in [0, 0.1) is 0 Å². The van der Waals surface area contributed by atoms with Crippen molar-refractivity contribution in [2.45, 2.75) is 6.92 Å². The van der Waals surface area contributed by atoms with Gasteiger partial charge in [-0.05, 0) is 12.1 Å². The van der Waals surface area contributed by atoms with Gasteiger partial charge in [0.05, 0.1) is 5.56 Å². The smallest absolute Gasteiger partial charge is 0.253 e. The molecular formula is C12H17N3O2. The van der Waals surface area contributed by atoms with Crippen LogP contribution in [0.3, 0.4) is 0 Å². The van der Waals surface area contributed by atoms with Gasteiger partial charge < -0.3 is 16.0 Å². The highest BCUT2D eigenvalue weighted by atomic mass is 16.2. The first-order valence-corrected chi connectivity index (χ1v) is 5.44. The molecule has 1 aromatic carbocycles. The molecule has 17 heavy (non-hydrogen) atoms. The van der Waals surface area contributed by atoms with Crippen molar-refractivity contribution in [3.05, 3.63) is 29.8 Å². The maximum Gasteiger partial charge on any atom is 0.253 e. The molecule has 3 N–H and O–H groups in total. The van der Waals surface area contributed by atoms with E-state index in [4.69, 9.17) is 0 Å². The van der Waals surface area contributed by atoms with E-state index in [2.05, 4.69) is 16.0 Å². The standard InChI is InChI=1S/C12H17N3O2/c1-9(16)14-7-8-15-12(17)10-5-3-4-6-11(10)13-2/h3-6,13H,7-8H2,1-2H3,(H,14,16)(H,15,17). The second-order valence-corrected chi connectivity index (χ2v) is 3.53. The Hall–Kier alpha value is -2.04. The molecule has 5 nitrogen and oxygen atoms in total. The Morgan fingerprint density at radius 2 is 1.76 bits per heavy atom. The Kier molecular flexibility index (Phi) is 5.00. The minimum Gasteiger partial charge on any atom is -0.387 e. The van der Waals surface area contributed by atoms with E-state index >= 15 is 0 Å². The molecule has 0 spiro atoms. The highest BCUT2D eigenvalue weighted by Gasteiger charge is 2.08. The highest BCUT2D eigenvalue weighted by Crippen LogP contribution is 2.13. The van der Waals surface area contributed by atoms with Crippen LogP contribution in [0.1, 0.15) is 17.3 Å². The Morgan fingerprint density at radius 1 is 1.12 bits per heavy atom. The second kappa shape index (κ2) is 6.52. The fraction of sp³-hybridized carbons (Fsp3) is 0.333. The lowest BCUT2D eigenvalue weighted by Crippen LogP contribution is -2.33. The van der Waals surface area contributed by atoms with Gasteiger partial charge in [0, 0.05) is 32.7 Å². The van der Waals surface area contributed by atoms with Crippen molar-refractivity contribution < 1.29 is 9.59 Å². The summed E-state index contributed by atoms with van der Waals surface area (Å²) in [6.45, 7) is 2.29. The summed E-state index contributed by atoms with van der Waals surface area (Å²) in [5, 5.41) is 8.30. The minimum atomic E-state index is -0.152. The zero-order valence-corrected chi connectivity index (χ0v) is 10.0. The number of benzene rings is 1. The van der Waals surface area contributed by atoms with Gasteiger partial charge in [-0.3, -0.25) is 9.59 Å². The van der Waals surface area contributed by atoms with E-state index in [0.717, 1.165) is 5.69 Å². The first kappa shape index (κ1) is 13.0. The van der Waals surface area contributed by atoms with Crippen molar-refractivity contribution in [2.75, 3.05) is 25.5 Å². The van der Waals surface area contributed by atoms with Crippen LogP contribution in [0.4, 0.5) is 5.69 Å². The predicted octanol–water partition coefficient (Wildman–Crippen LogP) is 0.594. The second-order valence-electron chi connectivity index (χ2n) is 3.53. The Balaban J connectivity index is 2.49. The van der Waals surface area contributed by atoms with Crippen LogP contribution >= 0.6 is 0 Å². The lowest BCUT2D eigenvalue weighted by molar-refractivity contribution is -0.118. The maximum absolute atomic E-state index is 11.8. The summed E-state index contributed by atoms with van der Waals surface area (Å²) in [7, 11) is 1.77. The monoisotopic (exact) mass is 235 g/mol. The Morgan fingerprint density at radius 3 is 2.41 bits per heavy atom. The fourth-order valence-electron chi connectivity index (χ4n) is 1.41. The van der Waals surface area contributed by atoms with E-state index in [1.54, 1.807) is 13.1 Å². The molecule has 0 aliphatic rings. The molecule has 1 rings (SSSR count). The molecule has 0 saturated carbocycles. The number of carbonyl (C=O) groups is 2. The van der Waals surface area contributed by atoms with Gasteiger partial charge in [0.15, 0.2) is 0 Å². The molecule has 92 valence electrons. The van der Waals surface area contributed by atoms with Crippen LogP contribution < -0.4 is 16.0 Å². The highest BCUT2D eigenvalue weighted by molar-refractivity contribution is 5.99. The average molecular weight is 235 g/mol. The van der Waals surface area contributed by atoms with E-state index in [1.807, 2.05) is 18.2 Å². The summed E-state index contributed by atoms with van der Waals surface area (Å²) in [6.07, 6.45) is 0. The molecule has 5 heteroatoms. The molecule has 1 aromatic rings. The predicted molar refractivity (Wildman–Crippen MR) is 67.0 cm³/mol. The maximum atomic E-state index is 11.8. The van der Waals surface area contributed by atoms with Crippen LogP contribution in [0.5, 0.6) is 0 Å². The van der Waals surface area contributed by atoms with Crippen molar-refractivity contribution in [2.24, 2.45) is 0 Å².